The molecule has 0 unspecified atom stereocenters. The van der Waals surface area contributed by atoms with Crippen molar-refractivity contribution in [1.29, 1.82) is 0 Å². The van der Waals surface area contributed by atoms with E-state index in [1.165, 1.54) is 11.3 Å². The molecule has 0 aliphatic heterocycles. The molecule has 0 fully saturated rings. The Bertz CT molecular complexity index is 568. The molecule has 0 atom stereocenters. The molecule has 0 spiro atoms. The quantitative estimate of drug-likeness (QED) is 0.753. The van der Waals surface area contributed by atoms with Gasteiger partial charge in [-0.2, -0.15) is 0 Å². The Kier molecular flexibility index (Phi) is 2.49. The molecule has 0 aliphatic rings. The molecule has 0 amide bonds. The average Bonchev–Trinajstić information content (AvgIpc) is 2.42. The third kappa shape index (κ3) is 1.34. The summed E-state index contributed by atoms with van der Waals surface area (Å²) in [5.41, 5.74) is 1.18. The van der Waals surface area contributed by atoms with Gasteiger partial charge >= 0.3 is 0 Å². The first-order valence-corrected chi connectivity index (χ1v) is 5.99. The topological polar surface area (TPSA) is 30.2 Å². The van der Waals surface area contributed by atoms with Crippen molar-refractivity contribution in [2.75, 3.05) is 0 Å². The molecule has 14 heavy (non-hydrogen) atoms. The lowest BCUT2D eigenvalue weighted by molar-refractivity contribution is 0.494. The highest BCUT2D eigenvalue weighted by molar-refractivity contribution is 9.10. The zero-order valence-electron chi connectivity index (χ0n) is 7.55. The highest BCUT2D eigenvalue weighted by Gasteiger charge is 2.15. The number of hydrogen-bond donors (Lipinski definition) is 1. The molecule has 0 aliphatic carbocycles. The Hall–Kier alpha value is -0.260. The Morgan fingerprint density at radius 2 is 2.07 bits per heavy atom. The maximum atomic E-state index is 11.8. The van der Waals surface area contributed by atoms with E-state index in [0.29, 0.717) is 20.9 Å². The summed E-state index contributed by atoms with van der Waals surface area (Å²) >= 11 is 8.95. The van der Waals surface area contributed by atoms with E-state index in [9.17, 15) is 4.79 Å². The van der Waals surface area contributed by atoms with Crippen molar-refractivity contribution < 1.29 is 4.42 Å². The predicted molar refractivity (Wildman–Crippen MR) is 64.8 cm³/mol. The highest BCUT2D eigenvalue weighted by Crippen LogP contribution is 2.34. The first kappa shape index (κ1) is 10.3. The molecule has 2 rings (SSSR count). The molecule has 2 aromatic rings. The van der Waals surface area contributed by atoms with E-state index in [0.717, 1.165) is 9.35 Å². The fraction of sp³-hybridized carbons (Fsp3) is 0.222. The van der Waals surface area contributed by atoms with Crippen molar-refractivity contribution in [3.05, 3.63) is 25.1 Å². The van der Waals surface area contributed by atoms with Crippen molar-refractivity contribution >= 4 is 50.2 Å². The van der Waals surface area contributed by atoms with Crippen LogP contribution in [0.2, 0.25) is 0 Å². The van der Waals surface area contributed by atoms with Crippen molar-refractivity contribution in [1.82, 2.24) is 0 Å². The summed E-state index contributed by atoms with van der Waals surface area (Å²) in [7, 11) is 0. The molecule has 0 bridgehead atoms. The summed E-state index contributed by atoms with van der Waals surface area (Å²) in [5, 5.41) is 0.390. The minimum Gasteiger partial charge on any atom is -0.447 e. The predicted octanol–water partition coefficient (Wildman–Crippen LogP) is 3.52. The Morgan fingerprint density at radius 1 is 1.43 bits per heavy atom. The normalized spacial score (nSPS) is 11.1. The smallest absolute Gasteiger partial charge is 0.206 e. The van der Waals surface area contributed by atoms with E-state index in [4.69, 9.17) is 4.42 Å². The summed E-state index contributed by atoms with van der Waals surface area (Å²) in [6.07, 6.45) is 0. The fourth-order valence-electron chi connectivity index (χ4n) is 1.19. The number of hydrogen-bond acceptors (Lipinski definition) is 4. The number of halogens is 1. The van der Waals surface area contributed by atoms with Crippen LogP contribution in [0.1, 0.15) is 10.4 Å². The Morgan fingerprint density at radius 3 is 2.71 bits per heavy atom. The van der Waals surface area contributed by atoms with E-state index in [1.54, 1.807) is 6.92 Å². The first-order valence-electron chi connectivity index (χ1n) is 3.93. The van der Waals surface area contributed by atoms with E-state index in [-0.39, 0.29) is 5.43 Å². The van der Waals surface area contributed by atoms with Crippen molar-refractivity contribution in [2.24, 2.45) is 0 Å². The first-order chi connectivity index (χ1) is 6.52. The van der Waals surface area contributed by atoms with Crippen molar-refractivity contribution in [2.45, 2.75) is 18.9 Å². The van der Waals surface area contributed by atoms with Crippen LogP contribution < -0.4 is 5.43 Å². The molecule has 0 saturated heterocycles. The highest BCUT2D eigenvalue weighted by atomic mass is 79.9. The zero-order chi connectivity index (χ0) is 10.5. The number of thiophene rings is 1. The van der Waals surface area contributed by atoms with Gasteiger partial charge < -0.3 is 4.42 Å². The summed E-state index contributed by atoms with van der Waals surface area (Å²) in [6, 6.07) is 0. The summed E-state index contributed by atoms with van der Waals surface area (Å²) in [5.74, 6) is 0. The second kappa shape index (κ2) is 3.40. The van der Waals surface area contributed by atoms with Crippen LogP contribution in [0.4, 0.5) is 0 Å². The molecule has 74 valence electrons. The molecule has 0 aromatic carbocycles. The van der Waals surface area contributed by atoms with Gasteiger partial charge in [-0.1, -0.05) is 0 Å². The van der Waals surface area contributed by atoms with E-state index in [2.05, 4.69) is 28.6 Å². The molecule has 2 aromatic heterocycles. The van der Waals surface area contributed by atoms with Gasteiger partial charge in [-0.3, -0.25) is 4.79 Å². The number of rotatable bonds is 0. The van der Waals surface area contributed by atoms with Gasteiger partial charge in [-0.25, -0.2) is 0 Å². The minimum absolute atomic E-state index is 0.00931. The van der Waals surface area contributed by atoms with E-state index >= 15 is 0 Å². The lowest BCUT2D eigenvalue weighted by atomic mass is 10.3. The molecular weight excluding hydrogens is 284 g/mol. The molecular formula is C9H7BrO2S2. The van der Waals surface area contributed by atoms with Crippen LogP contribution in [0.3, 0.4) is 0 Å². The Balaban J connectivity index is 3.06. The van der Waals surface area contributed by atoms with Crippen molar-refractivity contribution in [3.8, 4) is 0 Å². The van der Waals surface area contributed by atoms with Gasteiger partial charge in [-0.15, -0.1) is 24.0 Å². The number of thiol groups is 1. The lowest BCUT2D eigenvalue weighted by Gasteiger charge is -1.97. The van der Waals surface area contributed by atoms with Crippen LogP contribution in [0.15, 0.2) is 18.8 Å². The Labute approximate surface area is 98.5 Å². The van der Waals surface area contributed by atoms with Crippen LogP contribution in [0, 0.1) is 13.8 Å². The van der Waals surface area contributed by atoms with E-state index < -0.39 is 0 Å². The second-order valence-corrected chi connectivity index (χ2v) is 5.42. The van der Waals surface area contributed by atoms with Crippen LogP contribution in [-0.4, -0.2) is 0 Å². The summed E-state index contributed by atoms with van der Waals surface area (Å²) in [6.45, 7) is 3.66. The van der Waals surface area contributed by atoms with Crippen molar-refractivity contribution in [3.63, 3.8) is 0 Å². The van der Waals surface area contributed by atoms with Gasteiger partial charge in [-0.05, 0) is 29.8 Å². The standard InChI is InChI=1S/C9H7BrO2S2/c1-3-6(11)8-7(12-9(3)13)5(10)4(2)14-8/h13H,1-2H3. The molecule has 2 heterocycles. The van der Waals surface area contributed by atoms with Crippen LogP contribution in [0.5, 0.6) is 0 Å². The fourth-order valence-corrected chi connectivity index (χ4v) is 3.00. The minimum atomic E-state index is 0.00931. The SMILES string of the molecule is Cc1sc2c(=O)c(C)c(S)oc2c1Br. The van der Waals surface area contributed by atoms with E-state index in [1.807, 2.05) is 6.92 Å². The molecule has 0 radical (unpaired) electrons. The third-order valence-corrected chi connectivity index (χ3v) is 4.77. The molecule has 0 saturated carbocycles. The average molecular weight is 291 g/mol. The van der Waals surface area contributed by atoms with Crippen LogP contribution in [0.25, 0.3) is 10.3 Å². The molecule has 0 N–H and O–H groups in total. The number of aryl methyl sites for hydroxylation is 1. The monoisotopic (exact) mass is 290 g/mol. The van der Waals surface area contributed by atoms with Gasteiger partial charge in [0.1, 0.15) is 4.70 Å². The summed E-state index contributed by atoms with van der Waals surface area (Å²) in [4.78, 5) is 12.8. The third-order valence-electron chi connectivity index (χ3n) is 2.04. The largest absolute Gasteiger partial charge is 0.447 e. The lowest BCUT2D eigenvalue weighted by Crippen LogP contribution is -2.03. The van der Waals surface area contributed by atoms with Gasteiger partial charge in [0.2, 0.25) is 5.43 Å². The number of fused-ring (bicyclic) bond motifs is 1. The zero-order valence-corrected chi connectivity index (χ0v) is 10.8. The molecule has 2 nitrogen and oxygen atoms in total. The summed E-state index contributed by atoms with van der Waals surface area (Å²) < 4.78 is 6.96. The van der Waals surface area contributed by atoms with Gasteiger partial charge in [0.05, 0.1) is 4.47 Å². The van der Waals surface area contributed by atoms with Gasteiger partial charge in [0.25, 0.3) is 0 Å². The maximum Gasteiger partial charge on any atom is 0.206 e. The van der Waals surface area contributed by atoms with Gasteiger partial charge in [0.15, 0.2) is 10.7 Å². The van der Waals surface area contributed by atoms with Crippen LogP contribution >= 0.6 is 39.9 Å². The molecule has 5 heteroatoms. The van der Waals surface area contributed by atoms with Crippen LogP contribution in [-0.2, 0) is 0 Å². The second-order valence-electron chi connectivity index (χ2n) is 2.99. The maximum absolute atomic E-state index is 11.8. The van der Waals surface area contributed by atoms with Gasteiger partial charge in [0, 0.05) is 10.4 Å².